The largest absolute Gasteiger partial charge is 0.356 e. The van der Waals surface area contributed by atoms with E-state index in [1.165, 1.54) is 0 Å². The number of anilines is 1. The molecular weight excluding hydrogens is 354 g/mol. The van der Waals surface area contributed by atoms with E-state index in [9.17, 15) is 14.4 Å². The Balaban J connectivity index is 2.02. The van der Waals surface area contributed by atoms with E-state index in [4.69, 9.17) is 0 Å². The monoisotopic (exact) mass is 387 g/mol. The number of likely N-dealkylation sites (tertiary alicyclic amines) is 1. The fourth-order valence-electron chi connectivity index (χ4n) is 3.14. The molecule has 1 saturated heterocycles. The van der Waals surface area contributed by atoms with Crippen LogP contribution in [0.3, 0.4) is 0 Å². The molecule has 0 aromatic heterocycles. The predicted octanol–water partition coefficient (Wildman–Crippen LogP) is 3.44. The third-order valence-electron chi connectivity index (χ3n) is 4.96. The SMILES string of the molecule is CCCCNC(=O)C1CCCN(C(=O)c2cccc(NC(=O)C(C)(C)C)c2)C1. The van der Waals surface area contributed by atoms with Gasteiger partial charge in [0.25, 0.3) is 5.91 Å². The molecule has 0 aliphatic carbocycles. The number of amides is 3. The summed E-state index contributed by atoms with van der Waals surface area (Å²) in [5.74, 6) is -0.313. The molecule has 0 bridgehead atoms. The van der Waals surface area contributed by atoms with E-state index in [0.29, 0.717) is 30.9 Å². The first-order valence-electron chi connectivity index (χ1n) is 10.2. The van der Waals surface area contributed by atoms with Crippen LogP contribution in [0, 0.1) is 11.3 Å². The third kappa shape index (κ3) is 6.08. The molecule has 2 rings (SSSR count). The molecule has 1 fully saturated rings. The quantitative estimate of drug-likeness (QED) is 0.734. The van der Waals surface area contributed by atoms with Gasteiger partial charge in [-0.2, -0.15) is 0 Å². The lowest BCUT2D eigenvalue weighted by atomic mass is 9.95. The predicted molar refractivity (Wildman–Crippen MR) is 111 cm³/mol. The van der Waals surface area contributed by atoms with Gasteiger partial charge in [0, 0.05) is 36.3 Å². The minimum atomic E-state index is -0.509. The van der Waals surface area contributed by atoms with Crippen molar-refractivity contribution in [1.29, 1.82) is 0 Å². The Morgan fingerprint density at radius 2 is 1.96 bits per heavy atom. The number of carbonyl (C=O) groups excluding carboxylic acids is 3. The van der Waals surface area contributed by atoms with Crippen molar-refractivity contribution in [2.24, 2.45) is 11.3 Å². The van der Waals surface area contributed by atoms with Crippen molar-refractivity contribution >= 4 is 23.4 Å². The molecule has 1 atom stereocenters. The van der Waals surface area contributed by atoms with Gasteiger partial charge in [-0.3, -0.25) is 14.4 Å². The second-order valence-corrected chi connectivity index (χ2v) is 8.52. The number of unbranched alkanes of at least 4 members (excludes halogenated alkanes) is 1. The molecule has 1 aromatic carbocycles. The Morgan fingerprint density at radius 1 is 1.21 bits per heavy atom. The van der Waals surface area contributed by atoms with Crippen LogP contribution in [0.5, 0.6) is 0 Å². The molecule has 0 saturated carbocycles. The molecule has 1 unspecified atom stereocenters. The Hall–Kier alpha value is -2.37. The first kappa shape index (κ1) is 21.9. The highest BCUT2D eigenvalue weighted by molar-refractivity contribution is 5.98. The molecule has 1 aliphatic heterocycles. The lowest BCUT2D eigenvalue weighted by Crippen LogP contribution is -2.45. The number of hydrogen-bond acceptors (Lipinski definition) is 3. The zero-order chi connectivity index (χ0) is 20.7. The molecular formula is C22H33N3O3. The minimum absolute atomic E-state index is 0.0390. The van der Waals surface area contributed by atoms with Crippen molar-refractivity contribution in [2.45, 2.75) is 53.4 Å². The first-order valence-corrected chi connectivity index (χ1v) is 10.2. The van der Waals surface area contributed by atoms with Crippen LogP contribution in [0.15, 0.2) is 24.3 Å². The molecule has 3 amide bonds. The Bertz CT molecular complexity index is 709. The van der Waals surface area contributed by atoms with Crippen LogP contribution in [-0.4, -0.2) is 42.3 Å². The number of nitrogens with one attached hydrogen (secondary N) is 2. The first-order chi connectivity index (χ1) is 13.2. The summed E-state index contributed by atoms with van der Waals surface area (Å²) in [6.45, 7) is 9.40. The van der Waals surface area contributed by atoms with Crippen LogP contribution in [0.2, 0.25) is 0 Å². The summed E-state index contributed by atoms with van der Waals surface area (Å²) in [7, 11) is 0. The maximum Gasteiger partial charge on any atom is 0.253 e. The summed E-state index contributed by atoms with van der Waals surface area (Å²) in [6.07, 6.45) is 3.63. The van der Waals surface area contributed by atoms with Crippen LogP contribution in [-0.2, 0) is 9.59 Å². The van der Waals surface area contributed by atoms with Gasteiger partial charge in [-0.1, -0.05) is 40.2 Å². The van der Waals surface area contributed by atoms with Gasteiger partial charge < -0.3 is 15.5 Å². The molecule has 0 radical (unpaired) electrons. The van der Waals surface area contributed by atoms with Crippen LogP contribution >= 0.6 is 0 Å². The topological polar surface area (TPSA) is 78.5 Å². The van der Waals surface area contributed by atoms with E-state index in [0.717, 1.165) is 25.7 Å². The number of carbonyl (C=O) groups is 3. The number of hydrogen-bond donors (Lipinski definition) is 2. The normalized spacial score (nSPS) is 17.1. The molecule has 1 aromatic rings. The molecule has 2 N–H and O–H groups in total. The van der Waals surface area contributed by atoms with Gasteiger partial charge in [-0.05, 0) is 37.5 Å². The summed E-state index contributed by atoms with van der Waals surface area (Å²) in [4.78, 5) is 39.2. The van der Waals surface area contributed by atoms with Crippen molar-refractivity contribution in [2.75, 3.05) is 25.0 Å². The van der Waals surface area contributed by atoms with Gasteiger partial charge in [0.1, 0.15) is 0 Å². The van der Waals surface area contributed by atoms with E-state index >= 15 is 0 Å². The van der Waals surface area contributed by atoms with Gasteiger partial charge in [0.05, 0.1) is 5.92 Å². The van der Waals surface area contributed by atoms with Crippen LogP contribution in [0.25, 0.3) is 0 Å². The van der Waals surface area contributed by atoms with E-state index in [1.807, 2.05) is 20.8 Å². The van der Waals surface area contributed by atoms with E-state index in [-0.39, 0.29) is 23.6 Å². The van der Waals surface area contributed by atoms with E-state index < -0.39 is 5.41 Å². The van der Waals surface area contributed by atoms with E-state index in [1.54, 1.807) is 29.2 Å². The zero-order valence-corrected chi connectivity index (χ0v) is 17.5. The summed E-state index contributed by atoms with van der Waals surface area (Å²) in [5.41, 5.74) is 0.626. The maximum atomic E-state index is 12.9. The second-order valence-electron chi connectivity index (χ2n) is 8.52. The van der Waals surface area contributed by atoms with Gasteiger partial charge in [-0.25, -0.2) is 0 Å². The van der Waals surface area contributed by atoms with Crippen molar-refractivity contribution in [1.82, 2.24) is 10.2 Å². The summed E-state index contributed by atoms with van der Waals surface area (Å²) in [5, 5.41) is 5.83. The van der Waals surface area contributed by atoms with Crippen LogP contribution < -0.4 is 10.6 Å². The van der Waals surface area contributed by atoms with Gasteiger partial charge in [0.2, 0.25) is 11.8 Å². The highest BCUT2D eigenvalue weighted by atomic mass is 16.2. The van der Waals surface area contributed by atoms with Gasteiger partial charge in [-0.15, -0.1) is 0 Å². The fraction of sp³-hybridized carbons (Fsp3) is 0.591. The fourth-order valence-corrected chi connectivity index (χ4v) is 3.14. The molecule has 6 nitrogen and oxygen atoms in total. The Morgan fingerprint density at radius 3 is 2.64 bits per heavy atom. The third-order valence-corrected chi connectivity index (χ3v) is 4.96. The van der Waals surface area contributed by atoms with Gasteiger partial charge >= 0.3 is 0 Å². The molecule has 1 heterocycles. The van der Waals surface area contributed by atoms with Crippen LogP contribution in [0.1, 0.15) is 63.7 Å². The Labute approximate surface area is 168 Å². The van der Waals surface area contributed by atoms with Gasteiger partial charge in [0.15, 0.2) is 0 Å². The lowest BCUT2D eigenvalue weighted by molar-refractivity contribution is -0.126. The highest BCUT2D eigenvalue weighted by Gasteiger charge is 2.29. The number of piperidine rings is 1. The maximum absolute atomic E-state index is 12.9. The standard InChI is InChI=1S/C22H33N3O3/c1-5-6-12-23-19(26)17-10-8-13-25(15-17)20(27)16-9-7-11-18(14-16)24-21(28)22(2,3)4/h7,9,11,14,17H,5-6,8,10,12-13,15H2,1-4H3,(H,23,26)(H,24,28). The van der Waals surface area contributed by atoms with Crippen molar-refractivity contribution in [3.05, 3.63) is 29.8 Å². The van der Waals surface area contributed by atoms with E-state index in [2.05, 4.69) is 17.6 Å². The molecule has 1 aliphatic rings. The van der Waals surface area contributed by atoms with Crippen molar-refractivity contribution in [3.63, 3.8) is 0 Å². The summed E-state index contributed by atoms with van der Waals surface area (Å²) in [6, 6.07) is 7.00. The number of nitrogens with zero attached hydrogens (tertiary/aromatic N) is 1. The average molecular weight is 388 g/mol. The molecule has 154 valence electrons. The molecule has 6 heteroatoms. The number of benzene rings is 1. The minimum Gasteiger partial charge on any atom is -0.356 e. The lowest BCUT2D eigenvalue weighted by Gasteiger charge is -2.32. The summed E-state index contributed by atoms with van der Waals surface area (Å²) >= 11 is 0. The smallest absolute Gasteiger partial charge is 0.253 e. The second kappa shape index (κ2) is 9.71. The zero-order valence-electron chi connectivity index (χ0n) is 17.5. The van der Waals surface area contributed by atoms with Crippen molar-refractivity contribution in [3.8, 4) is 0 Å². The highest BCUT2D eigenvalue weighted by Crippen LogP contribution is 2.22. The van der Waals surface area contributed by atoms with Crippen molar-refractivity contribution < 1.29 is 14.4 Å². The molecule has 28 heavy (non-hydrogen) atoms. The Kier molecular flexibility index (Phi) is 7.61. The molecule has 0 spiro atoms. The number of rotatable bonds is 6. The average Bonchev–Trinajstić information content (AvgIpc) is 2.67. The van der Waals surface area contributed by atoms with Crippen LogP contribution in [0.4, 0.5) is 5.69 Å². The summed E-state index contributed by atoms with van der Waals surface area (Å²) < 4.78 is 0.